The molecule has 1 amide bonds. The summed E-state index contributed by atoms with van der Waals surface area (Å²) in [5, 5.41) is 0. The molecule has 0 aromatic heterocycles. The van der Waals surface area contributed by atoms with E-state index in [1.165, 1.54) is 0 Å². The van der Waals surface area contributed by atoms with Crippen LogP contribution in [0.3, 0.4) is 0 Å². The molecule has 1 aromatic carbocycles. The number of nitrogens with zero attached hydrogens (tertiary/aromatic N) is 1. The first-order chi connectivity index (χ1) is 10.5. The summed E-state index contributed by atoms with van der Waals surface area (Å²) in [6, 6.07) is 5.94. The summed E-state index contributed by atoms with van der Waals surface area (Å²) in [5.41, 5.74) is 1.10. The van der Waals surface area contributed by atoms with Gasteiger partial charge < -0.3 is 14.4 Å². The van der Waals surface area contributed by atoms with Crippen LogP contribution < -0.4 is 9.47 Å². The van der Waals surface area contributed by atoms with Crippen molar-refractivity contribution in [2.45, 2.75) is 53.0 Å². The molecule has 0 radical (unpaired) electrons. The minimum atomic E-state index is 0.0328. The summed E-state index contributed by atoms with van der Waals surface area (Å²) in [6.45, 7) is 9.15. The number of methoxy groups -OCH3 is 1. The Bertz CT molecular complexity index is 473. The van der Waals surface area contributed by atoms with Gasteiger partial charge in [-0.05, 0) is 44.4 Å². The molecule has 1 unspecified atom stereocenters. The first-order valence-corrected chi connectivity index (χ1v) is 8.10. The molecule has 0 fully saturated rings. The number of aryl methyl sites for hydroxylation is 1. The van der Waals surface area contributed by atoms with Crippen molar-refractivity contribution in [2.75, 3.05) is 20.3 Å². The summed E-state index contributed by atoms with van der Waals surface area (Å²) < 4.78 is 11.0. The number of carbonyl (C=O) groups excluding carboxylic acids is 1. The Morgan fingerprint density at radius 3 is 2.59 bits per heavy atom. The van der Waals surface area contributed by atoms with E-state index in [4.69, 9.17) is 9.47 Å². The molecule has 124 valence electrons. The molecule has 0 aliphatic heterocycles. The average molecular weight is 307 g/mol. The molecular formula is C18H29NO3. The van der Waals surface area contributed by atoms with Crippen LogP contribution in [0.5, 0.6) is 11.5 Å². The van der Waals surface area contributed by atoms with Gasteiger partial charge in [-0.15, -0.1) is 0 Å². The molecule has 0 spiro atoms. The third-order valence-electron chi connectivity index (χ3n) is 3.87. The summed E-state index contributed by atoms with van der Waals surface area (Å²) >= 11 is 0. The van der Waals surface area contributed by atoms with Crippen LogP contribution in [-0.2, 0) is 4.79 Å². The maximum atomic E-state index is 12.4. The van der Waals surface area contributed by atoms with Gasteiger partial charge in [0.15, 0.2) is 18.1 Å². The number of hydrogen-bond acceptors (Lipinski definition) is 3. The van der Waals surface area contributed by atoms with Crippen LogP contribution in [0.4, 0.5) is 0 Å². The molecule has 0 saturated carbocycles. The zero-order valence-corrected chi connectivity index (χ0v) is 14.5. The number of hydrogen-bond donors (Lipinski definition) is 0. The van der Waals surface area contributed by atoms with Crippen LogP contribution >= 0.6 is 0 Å². The Kier molecular flexibility index (Phi) is 7.78. The lowest BCUT2D eigenvalue weighted by Crippen LogP contribution is -2.41. The maximum absolute atomic E-state index is 12.4. The summed E-state index contributed by atoms with van der Waals surface area (Å²) in [5.74, 6) is 1.31. The van der Waals surface area contributed by atoms with Crippen molar-refractivity contribution in [3.8, 4) is 11.5 Å². The Morgan fingerprint density at radius 1 is 1.27 bits per heavy atom. The molecule has 0 aliphatic carbocycles. The van der Waals surface area contributed by atoms with Crippen molar-refractivity contribution >= 4 is 5.91 Å². The maximum Gasteiger partial charge on any atom is 0.260 e. The molecule has 0 saturated heterocycles. The lowest BCUT2D eigenvalue weighted by atomic mass is 10.2. The summed E-state index contributed by atoms with van der Waals surface area (Å²) in [4.78, 5) is 14.4. The van der Waals surface area contributed by atoms with Crippen molar-refractivity contribution in [3.63, 3.8) is 0 Å². The SMILES string of the molecule is CCCCN(C(=O)COc1ccc(C)cc1OC)C(C)CC. The van der Waals surface area contributed by atoms with Crippen molar-refractivity contribution in [2.24, 2.45) is 0 Å². The third kappa shape index (κ3) is 5.24. The van der Waals surface area contributed by atoms with Crippen LogP contribution in [0, 0.1) is 6.92 Å². The number of rotatable bonds is 9. The van der Waals surface area contributed by atoms with Crippen LogP contribution in [0.25, 0.3) is 0 Å². The van der Waals surface area contributed by atoms with Gasteiger partial charge in [0.1, 0.15) is 0 Å². The smallest absolute Gasteiger partial charge is 0.260 e. The van der Waals surface area contributed by atoms with E-state index in [9.17, 15) is 4.79 Å². The van der Waals surface area contributed by atoms with Gasteiger partial charge in [0, 0.05) is 12.6 Å². The highest BCUT2D eigenvalue weighted by Crippen LogP contribution is 2.27. The van der Waals surface area contributed by atoms with Gasteiger partial charge in [0.2, 0.25) is 0 Å². The standard InChI is InChI=1S/C18H29NO3/c1-6-8-11-19(15(4)7-2)18(20)13-22-16-10-9-14(3)12-17(16)21-5/h9-10,12,15H,6-8,11,13H2,1-5H3. The molecule has 1 atom stereocenters. The molecule has 1 rings (SSSR count). The fraction of sp³-hybridized carbons (Fsp3) is 0.611. The predicted molar refractivity (Wildman–Crippen MR) is 89.6 cm³/mol. The first kappa shape index (κ1) is 18.3. The number of ether oxygens (including phenoxy) is 2. The van der Waals surface area contributed by atoms with Crippen LogP contribution in [-0.4, -0.2) is 37.1 Å². The Morgan fingerprint density at radius 2 is 2.00 bits per heavy atom. The average Bonchev–Trinajstić information content (AvgIpc) is 2.53. The molecule has 4 heteroatoms. The van der Waals surface area contributed by atoms with E-state index in [2.05, 4.69) is 20.8 Å². The minimum Gasteiger partial charge on any atom is -0.493 e. The highest BCUT2D eigenvalue weighted by Gasteiger charge is 2.19. The van der Waals surface area contributed by atoms with Crippen molar-refractivity contribution in [1.82, 2.24) is 4.90 Å². The highest BCUT2D eigenvalue weighted by atomic mass is 16.5. The molecular weight excluding hydrogens is 278 g/mol. The number of amides is 1. The molecule has 4 nitrogen and oxygen atoms in total. The van der Waals surface area contributed by atoms with E-state index in [0.29, 0.717) is 11.5 Å². The summed E-state index contributed by atoms with van der Waals surface area (Å²) in [7, 11) is 1.61. The van der Waals surface area contributed by atoms with E-state index in [0.717, 1.165) is 31.4 Å². The summed E-state index contributed by atoms with van der Waals surface area (Å²) in [6.07, 6.45) is 3.04. The molecule has 0 heterocycles. The Labute approximate surface area is 134 Å². The van der Waals surface area contributed by atoms with E-state index in [-0.39, 0.29) is 18.6 Å². The van der Waals surface area contributed by atoms with Gasteiger partial charge in [-0.1, -0.05) is 26.3 Å². The third-order valence-corrected chi connectivity index (χ3v) is 3.87. The van der Waals surface area contributed by atoms with Gasteiger partial charge in [-0.3, -0.25) is 4.79 Å². The molecule has 0 N–H and O–H groups in total. The monoisotopic (exact) mass is 307 g/mol. The Balaban J connectivity index is 2.70. The minimum absolute atomic E-state index is 0.0328. The second-order valence-corrected chi connectivity index (χ2v) is 5.64. The van der Waals surface area contributed by atoms with Crippen LogP contribution in [0.15, 0.2) is 18.2 Å². The van der Waals surface area contributed by atoms with E-state index >= 15 is 0 Å². The van der Waals surface area contributed by atoms with Crippen molar-refractivity contribution < 1.29 is 14.3 Å². The molecule has 0 bridgehead atoms. The largest absolute Gasteiger partial charge is 0.493 e. The van der Waals surface area contributed by atoms with Crippen molar-refractivity contribution in [1.29, 1.82) is 0 Å². The molecule has 0 aliphatic rings. The van der Waals surface area contributed by atoms with Crippen LogP contribution in [0.2, 0.25) is 0 Å². The zero-order chi connectivity index (χ0) is 16.5. The number of benzene rings is 1. The predicted octanol–water partition coefficient (Wildman–Crippen LogP) is 3.81. The Hall–Kier alpha value is -1.71. The lowest BCUT2D eigenvalue weighted by Gasteiger charge is -2.28. The fourth-order valence-corrected chi connectivity index (χ4v) is 2.26. The zero-order valence-electron chi connectivity index (χ0n) is 14.5. The molecule has 22 heavy (non-hydrogen) atoms. The quantitative estimate of drug-likeness (QED) is 0.696. The molecule has 1 aromatic rings. The fourth-order valence-electron chi connectivity index (χ4n) is 2.26. The van der Waals surface area contributed by atoms with E-state index in [1.54, 1.807) is 7.11 Å². The lowest BCUT2D eigenvalue weighted by molar-refractivity contribution is -0.135. The van der Waals surface area contributed by atoms with Crippen molar-refractivity contribution in [3.05, 3.63) is 23.8 Å². The second-order valence-electron chi connectivity index (χ2n) is 5.64. The van der Waals surface area contributed by atoms with Gasteiger partial charge in [0.25, 0.3) is 5.91 Å². The van der Waals surface area contributed by atoms with E-state index in [1.807, 2.05) is 30.0 Å². The topological polar surface area (TPSA) is 38.8 Å². The normalized spacial score (nSPS) is 11.9. The van der Waals surface area contributed by atoms with Gasteiger partial charge in [-0.2, -0.15) is 0 Å². The first-order valence-electron chi connectivity index (χ1n) is 8.10. The van der Waals surface area contributed by atoms with E-state index < -0.39 is 0 Å². The number of carbonyl (C=O) groups is 1. The van der Waals surface area contributed by atoms with Gasteiger partial charge >= 0.3 is 0 Å². The highest BCUT2D eigenvalue weighted by molar-refractivity contribution is 5.78. The van der Waals surface area contributed by atoms with Crippen LogP contribution in [0.1, 0.15) is 45.6 Å². The van der Waals surface area contributed by atoms with Gasteiger partial charge in [0.05, 0.1) is 7.11 Å². The number of unbranched alkanes of at least 4 members (excludes halogenated alkanes) is 1. The van der Waals surface area contributed by atoms with Gasteiger partial charge in [-0.25, -0.2) is 0 Å². The second kappa shape index (κ2) is 9.34.